The number of carbonyl (C=O) groups is 3. The minimum Gasteiger partial charge on any atom is -0.870 e. The summed E-state index contributed by atoms with van der Waals surface area (Å²) in [7, 11) is 0. The quantitative estimate of drug-likeness (QED) is 0.0828. The summed E-state index contributed by atoms with van der Waals surface area (Å²) in [5.74, 6) is 11.8. The minimum absolute atomic E-state index is 0. The predicted octanol–water partition coefficient (Wildman–Crippen LogP) is 5.85. The second-order valence-corrected chi connectivity index (χ2v) is 20.4. The normalized spacial score (nSPS) is 14.0. The molecule has 0 unspecified atom stereocenters. The Hall–Kier alpha value is -5.10. The fourth-order valence-electron chi connectivity index (χ4n) is 7.09. The van der Waals surface area contributed by atoms with E-state index in [0.717, 1.165) is 62.3 Å². The number of hydrogen-bond acceptors (Lipinski definition) is 16. The molecule has 0 spiro atoms. The Kier molecular flexibility index (Phi) is 19.3. The van der Waals surface area contributed by atoms with Crippen LogP contribution in [0.5, 0.6) is 0 Å². The number of amides is 2. The van der Waals surface area contributed by atoms with Crippen LogP contribution < -0.4 is 69.7 Å². The number of aryl methyl sites for hydroxylation is 2. The summed E-state index contributed by atoms with van der Waals surface area (Å²) in [5.41, 5.74) is 2.49. The number of carboxylic acids is 1. The molecule has 354 valence electrons. The topological polar surface area (TPSA) is 243 Å². The van der Waals surface area contributed by atoms with Crippen LogP contribution in [-0.4, -0.2) is 50.8 Å². The van der Waals surface area contributed by atoms with Gasteiger partial charge >= 0.3 is 77.3 Å². The third-order valence-electron chi connectivity index (χ3n) is 11.3. The first-order valence-electron chi connectivity index (χ1n) is 21.1. The van der Waals surface area contributed by atoms with E-state index in [1.165, 1.54) is 22.7 Å². The van der Waals surface area contributed by atoms with Crippen LogP contribution >= 0.6 is 45.3 Å². The van der Waals surface area contributed by atoms with E-state index >= 15 is 0 Å². The van der Waals surface area contributed by atoms with E-state index in [1.54, 1.807) is 43.4 Å². The third kappa shape index (κ3) is 12.8. The molecule has 2 aliphatic rings. The zero-order valence-electron chi connectivity index (χ0n) is 39.2. The Bertz CT molecular complexity index is 3250. The fourth-order valence-corrected chi connectivity index (χ4v) is 12.0. The van der Waals surface area contributed by atoms with Gasteiger partial charge in [0, 0.05) is 23.7 Å². The number of nitrogens with zero attached hydrogens (tertiary/aromatic N) is 2. The monoisotopic (exact) mass is 1050 g/mol. The molecule has 8 aromatic rings. The summed E-state index contributed by atoms with van der Waals surface area (Å²) in [6.07, 6.45) is 3.28. The first-order valence-corrected chi connectivity index (χ1v) is 24.3. The van der Waals surface area contributed by atoms with E-state index in [0.29, 0.717) is 35.6 Å². The van der Waals surface area contributed by atoms with Gasteiger partial charge in [0.2, 0.25) is 11.5 Å². The van der Waals surface area contributed by atoms with Crippen molar-refractivity contribution in [1.82, 2.24) is 10.3 Å². The molecule has 15 nitrogen and oxygen atoms in total. The Balaban J connectivity index is 0.000000250. The van der Waals surface area contributed by atoms with Gasteiger partial charge < -0.3 is 39.4 Å². The van der Waals surface area contributed by atoms with Crippen LogP contribution in [-0.2, 0) is 29.9 Å². The zero-order chi connectivity index (χ0) is 46.9. The molecule has 71 heavy (non-hydrogen) atoms. The number of rotatable bonds is 10. The second-order valence-electron chi connectivity index (χ2n) is 16.1. The van der Waals surface area contributed by atoms with E-state index in [2.05, 4.69) is 57.0 Å². The van der Waals surface area contributed by atoms with Gasteiger partial charge in [0.05, 0.1) is 9.75 Å². The summed E-state index contributed by atoms with van der Waals surface area (Å²) in [4.78, 5) is 51.4. The van der Waals surface area contributed by atoms with Crippen molar-refractivity contribution in [2.24, 2.45) is 0 Å². The Morgan fingerprint density at radius 1 is 0.648 bits per heavy atom. The van der Waals surface area contributed by atoms with E-state index in [1.807, 2.05) is 85.8 Å². The van der Waals surface area contributed by atoms with Gasteiger partial charge in [0.25, 0.3) is 0 Å². The van der Waals surface area contributed by atoms with Crippen LogP contribution in [0.2, 0.25) is 0 Å². The first kappa shape index (κ1) is 56.8. The molecule has 0 bridgehead atoms. The first-order chi connectivity index (χ1) is 32.3. The van der Waals surface area contributed by atoms with E-state index in [4.69, 9.17) is 18.5 Å². The van der Waals surface area contributed by atoms with Crippen LogP contribution in [0.3, 0.4) is 0 Å². The zero-order valence-corrected chi connectivity index (χ0v) is 46.5. The number of hydrogen-bond donors (Lipinski definition) is 3. The number of aliphatic carboxylic acids is 1. The Labute approximate surface area is 467 Å². The van der Waals surface area contributed by atoms with Crippen molar-refractivity contribution in [3.05, 3.63) is 138 Å². The van der Waals surface area contributed by atoms with Crippen molar-refractivity contribution in [3.8, 4) is 23.7 Å². The number of nitrogens with one attached hydrogen (secondary N) is 2. The van der Waals surface area contributed by atoms with Gasteiger partial charge in [-0.15, -0.1) is 45.3 Å². The van der Waals surface area contributed by atoms with Crippen molar-refractivity contribution < 1.29 is 113 Å². The maximum Gasteiger partial charge on any atom is 1.00 e. The van der Waals surface area contributed by atoms with Gasteiger partial charge in [-0.25, -0.2) is 9.59 Å². The number of ether oxygens (including phenoxy) is 2. The van der Waals surface area contributed by atoms with Crippen molar-refractivity contribution in [3.63, 3.8) is 0 Å². The molecule has 2 fully saturated rings. The van der Waals surface area contributed by atoms with Gasteiger partial charge in [-0.05, 0) is 104 Å². The van der Waals surface area contributed by atoms with Crippen LogP contribution in [0.4, 0.5) is 21.0 Å². The number of aromatic nitrogens is 2. The maximum atomic E-state index is 12.4. The molecule has 2 aliphatic carbocycles. The number of anilines is 2. The van der Waals surface area contributed by atoms with Crippen LogP contribution in [0.25, 0.3) is 18.8 Å². The molecular weight excluding hydrogens is 1010 g/mol. The average molecular weight is 1050 g/mol. The van der Waals surface area contributed by atoms with E-state index in [9.17, 15) is 24.3 Å². The van der Waals surface area contributed by atoms with Crippen LogP contribution in [0, 0.1) is 37.5 Å². The SMILES string of the molecule is Cc1noc(C#Cc2cc3sc(C4(C(=O)O)CC4)cc3s2)c1NC(=O)O[C@H](C)c1ccccc1.Cc1noc(C#Cc2cc3sc(C4([C-]=O)CC4)cc3s2)c1NC(=O)O[C@H](C)c1ccccc1.[Na+].[Na+].[OH-].[OH-]. The number of carbonyl (C=O) groups excluding carboxylic acids is 3. The summed E-state index contributed by atoms with van der Waals surface area (Å²) >= 11 is 6.19. The average Bonchev–Trinajstić information content (AvgIpc) is 3.94. The third-order valence-corrected chi connectivity index (χ3v) is 16.2. The number of benzene rings is 2. The summed E-state index contributed by atoms with van der Waals surface area (Å²) in [6, 6.07) is 26.9. The number of fused-ring (bicyclic) bond motifs is 2. The van der Waals surface area contributed by atoms with Gasteiger partial charge in [0.15, 0.2) is 0 Å². The molecule has 2 aromatic carbocycles. The van der Waals surface area contributed by atoms with Crippen molar-refractivity contribution >= 4 is 100.0 Å². The van der Waals surface area contributed by atoms with Gasteiger partial charge in [-0.3, -0.25) is 21.7 Å². The largest absolute Gasteiger partial charge is 1.00 e. The van der Waals surface area contributed by atoms with Crippen LogP contribution in [0.1, 0.15) is 105 Å². The molecule has 10 rings (SSSR count). The Morgan fingerprint density at radius 3 is 1.44 bits per heavy atom. The molecule has 0 radical (unpaired) electrons. The van der Waals surface area contributed by atoms with Gasteiger partial charge in [0.1, 0.15) is 40.4 Å². The summed E-state index contributed by atoms with van der Waals surface area (Å²) in [5, 5.41) is 22.8. The molecule has 6 heterocycles. The molecule has 2 saturated carbocycles. The molecular formula is C50H41N4Na2O11S4-. The standard InChI is InChI=1S/C25H20N2O5S2.C25H19N2O4S2.2Na.2H2O/c1-14-22(26-24(30)31-15(2)16-6-4-3-5-7-16)18(32-27-14)9-8-17-12-19-20(33-17)13-21(34-19)25(10-11-25)23(28)29;1-15-23(26-24(29)30-16(2)17-6-4-3-5-7-17)19(31-27-15)9-8-18-12-20-21(32-18)13-22(33-20)25(14-28)10-11-25;;;;/h3-7,12-13,15H,10-11H2,1-2H3,(H,26,30)(H,28,29);3-7,12-13,16H,10-11H2,1-2H3,(H,26,29);;;2*1H2/q;-1;2*+1;;/p-2/t15-;16-;;;;/m11..../s1. The molecule has 0 aliphatic heterocycles. The molecule has 6 aromatic heterocycles. The van der Waals surface area contributed by atoms with E-state index < -0.39 is 35.8 Å². The van der Waals surface area contributed by atoms with Gasteiger partial charge in [-0.1, -0.05) is 89.2 Å². The number of thiophene rings is 4. The molecule has 21 heteroatoms. The maximum absolute atomic E-state index is 12.4. The van der Waals surface area contributed by atoms with Crippen molar-refractivity contribution in [2.75, 3.05) is 10.6 Å². The molecule has 2 atom stereocenters. The molecule has 5 N–H and O–H groups in total. The second kappa shape index (κ2) is 24.1. The van der Waals surface area contributed by atoms with Crippen molar-refractivity contribution in [2.45, 2.75) is 76.4 Å². The van der Waals surface area contributed by atoms with Crippen LogP contribution in [0.15, 0.2) is 94.0 Å². The van der Waals surface area contributed by atoms with Crippen molar-refractivity contribution in [1.29, 1.82) is 0 Å². The number of carboxylic acid groups (broad SMARTS) is 1. The predicted molar refractivity (Wildman–Crippen MR) is 263 cm³/mol. The summed E-state index contributed by atoms with van der Waals surface area (Å²) < 4.78 is 25.8. The van der Waals surface area contributed by atoms with E-state index in [-0.39, 0.29) is 87.0 Å². The summed E-state index contributed by atoms with van der Waals surface area (Å²) in [6.45, 7) is 7.04. The smallest absolute Gasteiger partial charge is 0.870 e. The molecule has 2 amide bonds. The molecule has 0 saturated heterocycles. The fraction of sp³-hybridized carbons (Fsp3) is 0.240. The Morgan fingerprint density at radius 2 is 1.06 bits per heavy atom. The van der Waals surface area contributed by atoms with Gasteiger partial charge in [-0.2, -0.15) is 0 Å². The minimum atomic E-state index is -0.751.